The molecule has 2 aromatic heterocycles. The first-order valence-electron chi connectivity index (χ1n) is 10.5. The van der Waals surface area contributed by atoms with Crippen molar-refractivity contribution < 1.29 is 33.0 Å². The first-order valence-corrected chi connectivity index (χ1v) is 10.5. The molecule has 2 heterocycles. The number of hydrogen-bond acceptors (Lipinski definition) is 8. The van der Waals surface area contributed by atoms with E-state index in [1.165, 1.54) is 51.5 Å². The number of benzene rings is 1. The van der Waals surface area contributed by atoms with Crippen molar-refractivity contribution in [1.29, 1.82) is 0 Å². The summed E-state index contributed by atoms with van der Waals surface area (Å²) in [7, 11) is 2.80. The van der Waals surface area contributed by atoms with Gasteiger partial charge in [-0.25, -0.2) is 18.6 Å². The van der Waals surface area contributed by atoms with Crippen LogP contribution in [0.4, 0.5) is 30.9 Å². The Kier molecular flexibility index (Phi) is 8.04. The molecule has 0 bridgehead atoms. The number of nitrogens with one attached hydrogen (secondary N) is 3. The van der Waals surface area contributed by atoms with Gasteiger partial charge in [0.25, 0.3) is 5.91 Å². The van der Waals surface area contributed by atoms with Crippen LogP contribution in [-0.2, 0) is 0 Å². The van der Waals surface area contributed by atoms with E-state index < -0.39 is 35.7 Å². The number of anilines is 3. The number of aromatic nitrogens is 2. The maximum absolute atomic E-state index is 15.0. The minimum Gasteiger partial charge on any atom is -0.481 e. The second-order valence-corrected chi connectivity index (χ2v) is 7.56. The van der Waals surface area contributed by atoms with Crippen LogP contribution in [0.1, 0.15) is 28.9 Å². The van der Waals surface area contributed by atoms with Crippen LogP contribution in [0.15, 0.2) is 42.5 Å². The number of halogens is 2. The average Bonchev–Trinajstić information content (AvgIpc) is 2.82. The summed E-state index contributed by atoms with van der Waals surface area (Å²) < 4.78 is 39.2. The van der Waals surface area contributed by atoms with E-state index in [2.05, 4.69) is 25.9 Å². The van der Waals surface area contributed by atoms with Crippen molar-refractivity contribution in [2.24, 2.45) is 5.73 Å². The largest absolute Gasteiger partial charge is 0.481 e. The van der Waals surface area contributed by atoms with Crippen LogP contribution in [0.25, 0.3) is 0 Å². The molecule has 0 aliphatic rings. The third-order valence-electron chi connectivity index (χ3n) is 5.05. The molecule has 0 radical (unpaired) electrons. The highest BCUT2D eigenvalue weighted by Gasteiger charge is 2.25. The summed E-state index contributed by atoms with van der Waals surface area (Å²) in [6, 6.07) is 7.46. The molecule has 3 aromatic rings. The Balaban J connectivity index is 2.05. The lowest BCUT2D eigenvalue weighted by atomic mass is 10.00. The quantitative estimate of drug-likeness (QED) is 0.280. The zero-order chi connectivity index (χ0) is 26.4. The molecular formula is C23H24F2N6O5. The number of carboxylic acid groups (broad SMARTS) is 1. The normalized spacial score (nSPS) is 12.2. The van der Waals surface area contributed by atoms with Crippen LogP contribution < -0.4 is 31.2 Å². The van der Waals surface area contributed by atoms with Gasteiger partial charge in [0.15, 0.2) is 11.6 Å². The van der Waals surface area contributed by atoms with Gasteiger partial charge in [-0.2, -0.15) is 4.98 Å². The van der Waals surface area contributed by atoms with E-state index in [-0.39, 0.29) is 29.0 Å². The van der Waals surface area contributed by atoms with Gasteiger partial charge in [0.2, 0.25) is 11.8 Å². The van der Waals surface area contributed by atoms with Gasteiger partial charge in [0.05, 0.1) is 37.6 Å². The molecule has 0 saturated carbocycles. The van der Waals surface area contributed by atoms with Gasteiger partial charge >= 0.3 is 6.09 Å². The SMILES string of the molecule is COc1cc(Nc2nc(N[C@H](c3cccc(F)c3)[C@H](C)NC(=O)O)c(F)cc2C(N)=O)cc(OC)n1. The molecule has 0 fully saturated rings. The molecule has 0 aliphatic carbocycles. The summed E-state index contributed by atoms with van der Waals surface area (Å²) >= 11 is 0. The number of hydrogen-bond donors (Lipinski definition) is 5. The first-order chi connectivity index (χ1) is 17.1. The average molecular weight is 502 g/mol. The Morgan fingerprint density at radius 3 is 2.25 bits per heavy atom. The van der Waals surface area contributed by atoms with Gasteiger partial charge in [0, 0.05) is 12.1 Å². The van der Waals surface area contributed by atoms with Crippen molar-refractivity contribution >= 4 is 29.3 Å². The molecule has 190 valence electrons. The smallest absolute Gasteiger partial charge is 0.404 e. The van der Waals surface area contributed by atoms with Crippen LogP contribution in [-0.4, -0.2) is 47.3 Å². The zero-order valence-corrected chi connectivity index (χ0v) is 19.5. The molecule has 11 nitrogen and oxygen atoms in total. The van der Waals surface area contributed by atoms with E-state index in [1.807, 2.05) is 0 Å². The van der Waals surface area contributed by atoms with Crippen molar-refractivity contribution in [2.45, 2.75) is 19.0 Å². The van der Waals surface area contributed by atoms with Gasteiger partial charge in [-0.1, -0.05) is 12.1 Å². The lowest BCUT2D eigenvalue weighted by molar-refractivity contribution is 0.1000. The molecule has 13 heteroatoms. The number of primary amides is 1. The highest BCUT2D eigenvalue weighted by atomic mass is 19.1. The van der Waals surface area contributed by atoms with Gasteiger partial charge in [-0.3, -0.25) is 4.79 Å². The fraction of sp³-hybridized carbons (Fsp3) is 0.217. The lowest BCUT2D eigenvalue weighted by Crippen LogP contribution is -2.39. The summed E-state index contributed by atoms with van der Waals surface area (Å²) in [6.45, 7) is 1.51. The van der Waals surface area contributed by atoms with Gasteiger partial charge < -0.3 is 36.3 Å². The molecule has 2 atom stereocenters. The van der Waals surface area contributed by atoms with Crippen molar-refractivity contribution in [3.63, 3.8) is 0 Å². The minimum absolute atomic E-state index is 0.112. The first kappa shape index (κ1) is 25.9. The molecule has 0 saturated heterocycles. The predicted molar refractivity (Wildman–Crippen MR) is 127 cm³/mol. The van der Waals surface area contributed by atoms with E-state index in [4.69, 9.17) is 20.3 Å². The molecule has 1 aromatic carbocycles. The van der Waals surface area contributed by atoms with Gasteiger partial charge in [-0.05, 0) is 30.7 Å². The molecule has 0 aliphatic heterocycles. The number of carbonyl (C=O) groups excluding carboxylic acids is 1. The molecular weight excluding hydrogens is 478 g/mol. The molecule has 0 unspecified atom stereocenters. The molecule has 36 heavy (non-hydrogen) atoms. The second kappa shape index (κ2) is 11.2. The van der Waals surface area contributed by atoms with Crippen LogP contribution in [0.2, 0.25) is 0 Å². The maximum Gasteiger partial charge on any atom is 0.404 e. The third-order valence-corrected chi connectivity index (χ3v) is 5.05. The number of rotatable bonds is 10. The van der Waals surface area contributed by atoms with Crippen molar-refractivity contribution in [3.8, 4) is 11.8 Å². The van der Waals surface area contributed by atoms with E-state index in [0.717, 1.165) is 6.07 Å². The topological polar surface area (TPSA) is 161 Å². The molecule has 0 spiro atoms. The maximum atomic E-state index is 15.0. The number of pyridine rings is 2. The van der Waals surface area contributed by atoms with E-state index in [9.17, 15) is 14.0 Å². The Labute approximate surface area is 204 Å². The van der Waals surface area contributed by atoms with E-state index in [0.29, 0.717) is 11.3 Å². The number of ether oxygens (including phenoxy) is 2. The second-order valence-electron chi connectivity index (χ2n) is 7.56. The summed E-state index contributed by atoms with van der Waals surface area (Å²) in [4.78, 5) is 31.5. The van der Waals surface area contributed by atoms with Crippen LogP contribution >= 0.6 is 0 Å². The molecule has 2 amide bonds. The van der Waals surface area contributed by atoms with Gasteiger partial charge in [-0.15, -0.1) is 0 Å². The number of nitrogens with zero attached hydrogens (tertiary/aromatic N) is 2. The summed E-state index contributed by atoms with van der Waals surface area (Å²) in [5.41, 5.74) is 5.84. The Morgan fingerprint density at radius 1 is 1.03 bits per heavy atom. The van der Waals surface area contributed by atoms with E-state index in [1.54, 1.807) is 6.07 Å². The number of methoxy groups -OCH3 is 2. The summed E-state index contributed by atoms with van der Waals surface area (Å²) in [5, 5.41) is 17.1. The minimum atomic E-state index is -1.33. The van der Waals surface area contributed by atoms with Crippen molar-refractivity contribution in [1.82, 2.24) is 15.3 Å². The lowest BCUT2D eigenvalue weighted by Gasteiger charge is -2.26. The fourth-order valence-corrected chi connectivity index (χ4v) is 3.39. The summed E-state index contributed by atoms with van der Waals surface area (Å²) in [5.74, 6) is -2.53. The number of amides is 2. The molecule has 6 N–H and O–H groups in total. The Hall–Kier alpha value is -4.68. The van der Waals surface area contributed by atoms with Crippen LogP contribution in [0, 0.1) is 11.6 Å². The molecule has 3 rings (SSSR count). The monoisotopic (exact) mass is 502 g/mol. The zero-order valence-electron chi connectivity index (χ0n) is 19.5. The van der Waals surface area contributed by atoms with Crippen molar-refractivity contribution in [2.75, 3.05) is 24.9 Å². The summed E-state index contributed by atoms with van der Waals surface area (Å²) in [6.07, 6.45) is -1.33. The van der Waals surface area contributed by atoms with Crippen LogP contribution in [0.3, 0.4) is 0 Å². The van der Waals surface area contributed by atoms with Crippen molar-refractivity contribution in [3.05, 3.63) is 65.2 Å². The van der Waals surface area contributed by atoms with Crippen LogP contribution in [0.5, 0.6) is 11.8 Å². The highest BCUT2D eigenvalue weighted by molar-refractivity contribution is 5.98. The third kappa shape index (κ3) is 6.25. The predicted octanol–water partition coefficient (Wildman–Crippen LogP) is 3.42. The standard InChI is InChI=1S/C23H24F2N6O5/c1-11(27-23(33)34)19(12-5-4-6-13(24)7-12)30-22-16(25)10-15(20(26)32)21(31-22)28-14-8-17(35-2)29-18(9-14)36-3/h4-11,19,27H,1-3H3,(H2,26,32)(H,33,34)(H2,28,29,30,31)/t11-,19-/m0/s1. The highest BCUT2D eigenvalue weighted by Crippen LogP contribution is 2.30. The van der Waals surface area contributed by atoms with E-state index >= 15 is 4.39 Å². The van der Waals surface area contributed by atoms with Gasteiger partial charge in [0.1, 0.15) is 11.6 Å². The Bertz CT molecular complexity index is 1250. The Morgan fingerprint density at radius 2 is 1.69 bits per heavy atom. The number of carbonyl (C=O) groups is 2. The number of nitrogens with two attached hydrogens (primary N) is 1. The fourth-order valence-electron chi connectivity index (χ4n) is 3.39.